The van der Waals surface area contributed by atoms with Crippen LogP contribution in [0.15, 0.2) is 0 Å². The van der Waals surface area contributed by atoms with Crippen molar-refractivity contribution < 1.29 is 4.74 Å². The lowest BCUT2D eigenvalue weighted by atomic mass is 9.92. The number of anilines is 1. The molecule has 0 fully saturated rings. The molecule has 0 aromatic heterocycles. The second-order valence-corrected chi connectivity index (χ2v) is 5.13. The van der Waals surface area contributed by atoms with Crippen LogP contribution in [0.1, 0.15) is 36.1 Å². The fourth-order valence-electron chi connectivity index (χ4n) is 2.28. The number of nitrogens with two attached hydrogens (primary N) is 1. The van der Waals surface area contributed by atoms with E-state index in [1.807, 2.05) is 0 Å². The summed E-state index contributed by atoms with van der Waals surface area (Å²) in [5, 5.41) is 0. The van der Waals surface area contributed by atoms with Crippen LogP contribution >= 0.6 is 12.4 Å². The van der Waals surface area contributed by atoms with Gasteiger partial charge in [0.25, 0.3) is 0 Å². The van der Waals surface area contributed by atoms with E-state index in [1.165, 1.54) is 16.7 Å². The molecular weight excluding hydrogens is 222 g/mol. The molecule has 90 valence electrons. The van der Waals surface area contributed by atoms with Gasteiger partial charge in [-0.15, -0.1) is 12.4 Å². The highest BCUT2D eigenvalue weighted by molar-refractivity contribution is 5.85. The maximum atomic E-state index is 6.10. The van der Waals surface area contributed by atoms with Crippen molar-refractivity contribution in [2.75, 3.05) is 5.73 Å². The van der Waals surface area contributed by atoms with Crippen LogP contribution in [0.4, 0.5) is 5.69 Å². The van der Waals surface area contributed by atoms with Gasteiger partial charge in [0.05, 0.1) is 5.69 Å². The van der Waals surface area contributed by atoms with Crippen molar-refractivity contribution in [3.05, 3.63) is 22.3 Å². The lowest BCUT2D eigenvalue weighted by molar-refractivity contribution is 0.139. The van der Waals surface area contributed by atoms with E-state index >= 15 is 0 Å². The predicted molar refractivity (Wildman–Crippen MR) is 70.7 cm³/mol. The third-order valence-corrected chi connectivity index (χ3v) is 3.48. The standard InChI is InChI=1S/C13H19NO.ClH/c1-7-8(2)10-6-13(4,5)15-12(10)11(14)9(7)3;/h6,14H2,1-5H3;1H. The van der Waals surface area contributed by atoms with E-state index in [1.54, 1.807) is 0 Å². The van der Waals surface area contributed by atoms with Gasteiger partial charge < -0.3 is 10.5 Å². The van der Waals surface area contributed by atoms with Crippen LogP contribution in [0.3, 0.4) is 0 Å². The first-order valence-corrected chi connectivity index (χ1v) is 5.40. The summed E-state index contributed by atoms with van der Waals surface area (Å²) >= 11 is 0. The third kappa shape index (κ3) is 1.75. The van der Waals surface area contributed by atoms with Crippen molar-refractivity contribution in [2.24, 2.45) is 0 Å². The topological polar surface area (TPSA) is 35.2 Å². The highest BCUT2D eigenvalue weighted by Gasteiger charge is 2.34. The lowest BCUT2D eigenvalue weighted by Gasteiger charge is -2.18. The van der Waals surface area contributed by atoms with Crippen LogP contribution < -0.4 is 10.5 Å². The Morgan fingerprint density at radius 3 is 2.19 bits per heavy atom. The van der Waals surface area contributed by atoms with E-state index in [2.05, 4.69) is 34.6 Å². The lowest BCUT2D eigenvalue weighted by Crippen LogP contribution is -2.25. The summed E-state index contributed by atoms with van der Waals surface area (Å²) in [7, 11) is 0. The molecule has 2 rings (SSSR count). The van der Waals surface area contributed by atoms with Crippen LogP contribution in [-0.2, 0) is 6.42 Å². The molecule has 0 saturated heterocycles. The van der Waals surface area contributed by atoms with Crippen molar-refractivity contribution in [3.8, 4) is 5.75 Å². The summed E-state index contributed by atoms with van der Waals surface area (Å²) < 4.78 is 5.92. The van der Waals surface area contributed by atoms with Crippen molar-refractivity contribution in [1.29, 1.82) is 0 Å². The SMILES string of the molecule is Cc1c(C)c(N)c2c(c1C)CC(C)(C)O2.Cl. The van der Waals surface area contributed by atoms with E-state index in [-0.39, 0.29) is 18.0 Å². The quantitative estimate of drug-likeness (QED) is 0.708. The predicted octanol–water partition coefficient (Wildman–Crippen LogP) is 3.33. The Kier molecular flexibility index (Phi) is 3.17. The minimum atomic E-state index is -0.110. The monoisotopic (exact) mass is 241 g/mol. The van der Waals surface area contributed by atoms with E-state index in [4.69, 9.17) is 10.5 Å². The Morgan fingerprint density at radius 1 is 1.06 bits per heavy atom. The highest BCUT2D eigenvalue weighted by atomic mass is 35.5. The van der Waals surface area contributed by atoms with Crippen molar-refractivity contribution in [3.63, 3.8) is 0 Å². The smallest absolute Gasteiger partial charge is 0.146 e. The average Bonchev–Trinajstić information content (AvgIpc) is 2.48. The van der Waals surface area contributed by atoms with Crippen molar-refractivity contribution in [2.45, 2.75) is 46.6 Å². The molecule has 0 spiro atoms. The van der Waals surface area contributed by atoms with E-state index < -0.39 is 0 Å². The van der Waals surface area contributed by atoms with Crippen LogP contribution in [-0.4, -0.2) is 5.60 Å². The van der Waals surface area contributed by atoms with Gasteiger partial charge in [0.15, 0.2) is 0 Å². The number of rotatable bonds is 0. The summed E-state index contributed by atoms with van der Waals surface area (Å²) in [5.74, 6) is 0.917. The molecular formula is C13H20ClNO. The minimum Gasteiger partial charge on any atom is -0.485 e. The van der Waals surface area contributed by atoms with E-state index in [0.29, 0.717) is 0 Å². The Hall–Kier alpha value is -0.890. The molecule has 1 aliphatic rings. The third-order valence-electron chi connectivity index (χ3n) is 3.48. The number of hydrogen-bond donors (Lipinski definition) is 1. The molecule has 0 aliphatic carbocycles. The number of benzene rings is 1. The van der Waals surface area contributed by atoms with Crippen LogP contribution in [0.5, 0.6) is 5.75 Å². The van der Waals surface area contributed by atoms with E-state index in [0.717, 1.165) is 23.4 Å². The summed E-state index contributed by atoms with van der Waals surface area (Å²) in [6, 6.07) is 0. The van der Waals surface area contributed by atoms with Gasteiger partial charge in [0.2, 0.25) is 0 Å². The summed E-state index contributed by atoms with van der Waals surface area (Å²) in [4.78, 5) is 0. The second kappa shape index (κ2) is 3.85. The van der Waals surface area contributed by atoms with Gasteiger partial charge in [-0.2, -0.15) is 0 Å². The highest BCUT2D eigenvalue weighted by Crippen LogP contribution is 2.44. The molecule has 0 amide bonds. The molecule has 0 atom stereocenters. The van der Waals surface area contributed by atoms with E-state index in [9.17, 15) is 0 Å². The Labute approximate surface area is 104 Å². The van der Waals surface area contributed by atoms with Crippen LogP contribution in [0, 0.1) is 20.8 Å². The zero-order valence-corrected chi connectivity index (χ0v) is 11.4. The Bertz CT molecular complexity index is 399. The molecule has 16 heavy (non-hydrogen) atoms. The number of halogens is 1. The molecule has 2 N–H and O–H groups in total. The fraction of sp³-hybridized carbons (Fsp3) is 0.538. The van der Waals surface area contributed by atoms with Crippen molar-refractivity contribution >= 4 is 18.1 Å². The summed E-state index contributed by atoms with van der Waals surface area (Å²) in [6.07, 6.45) is 0.958. The zero-order chi connectivity index (χ0) is 11.4. The van der Waals surface area contributed by atoms with Gasteiger partial charge in [-0.25, -0.2) is 0 Å². The van der Waals surface area contributed by atoms with Gasteiger partial charge in [0, 0.05) is 12.0 Å². The van der Waals surface area contributed by atoms with Gasteiger partial charge in [-0.1, -0.05) is 0 Å². The normalized spacial score (nSPS) is 16.3. The number of fused-ring (bicyclic) bond motifs is 1. The molecule has 1 heterocycles. The molecule has 0 saturated carbocycles. The summed E-state index contributed by atoms with van der Waals surface area (Å²) in [6.45, 7) is 10.6. The van der Waals surface area contributed by atoms with Gasteiger partial charge >= 0.3 is 0 Å². The van der Waals surface area contributed by atoms with Crippen molar-refractivity contribution in [1.82, 2.24) is 0 Å². The van der Waals surface area contributed by atoms with Gasteiger partial charge in [-0.3, -0.25) is 0 Å². The molecule has 1 aromatic carbocycles. The molecule has 0 radical (unpaired) electrons. The minimum absolute atomic E-state index is 0. The molecule has 2 nitrogen and oxygen atoms in total. The molecule has 1 aliphatic heterocycles. The Morgan fingerprint density at radius 2 is 1.62 bits per heavy atom. The van der Waals surface area contributed by atoms with Gasteiger partial charge in [-0.05, 0) is 51.3 Å². The summed E-state index contributed by atoms with van der Waals surface area (Å²) in [5.41, 5.74) is 11.9. The molecule has 3 heteroatoms. The zero-order valence-electron chi connectivity index (χ0n) is 10.6. The first kappa shape index (κ1) is 13.2. The fourth-order valence-corrected chi connectivity index (χ4v) is 2.28. The average molecular weight is 242 g/mol. The largest absolute Gasteiger partial charge is 0.485 e. The molecule has 1 aromatic rings. The van der Waals surface area contributed by atoms with Crippen LogP contribution in [0.25, 0.3) is 0 Å². The van der Waals surface area contributed by atoms with Crippen LogP contribution in [0.2, 0.25) is 0 Å². The molecule has 0 bridgehead atoms. The van der Waals surface area contributed by atoms with Gasteiger partial charge in [0.1, 0.15) is 11.4 Å². The first-order valence-electron chi connectivity index (χ1n) is 5.40. The maximum Gasteiger partial charge on any atom is 0.146 e. The maximum absolute atomic E-state index is 6.10. The number of nitrogen functional groups attached to an aromatic ring is 1. The number of hydrogen-bond acceptors (Lipinski definition) is 2. The molecule has 0 unspecified atom stereocenters. The Balaban J connectivity index is 0.00000128. The second-order valence-electron chi connectivity index (χ2n) is 5.13. The first-order chi connectivity index (χ1) is 6.83. The number of ether oxygens (including phenoxy) is 1.